The van der Waals surface area contributed by atoms with Crippen molar-refractivity contribution in [3.63, 3.8) is 0 Å². The Morgan fingerprint density at radius 3 is 2.39 bits per heavy atom. The Kier molecular flexibility index (Phi) is 7.86. The molecule has 0 aromatic heterocycles. The van der Waals surface area contributed by atoms with Crippen molar-refractivity contribution in [3.05, 3.63) is 58.9 Å². The van der Waals surface area contributed by atoms with Gasteiger partial charge in [-0.15, -0.1) is 0 Å². The number of benzene rings is 2. The van der Waals surface area contributed by atoms with Gasteiger partial charge >= 0.3 is 11.8 Å². The standard InChI is InChI=1S/C24H30FN3O4S/c1-16-7-6-8-17(2)22(16)27-24(30)23(29)26-13-12-20-9-4-5-14-28(20)33(31,32)21-11-10-19(25)15-18(21)3/h6-8,10-11,15,20H,4-5,9,12-14H2,1-3H3,(H,26,29)(H,27,30)/t20-/m0/s1. The Labute approximate surface area is 194 Å². The summed E-state index contributed by atoms with van der Waals surface area (Å²) >= 11 is 0. The molecule has 1 saturated heterocycles. The molecule has 2 N–H and O–H groups in total. The molecule has 0 spiro atoms. The smallest absolute Gasteiger partial charge is 0.313 e. The summed E-state index contributed by atoms with van der Waals surface area (Å²) in [5.74, 6) is -2.01. The molecule has 0 radical (unpaired) electrons. The van der Waals surface area contributed by atoms with Gasteiger partial charge in [-0.05, 0) is 74.9 Å². The van der Waals surface area contributed by atoms with Gasteiger partial charge in [-0.25, -0.2) is 12.8 Å². The van der Waals surface area contributed by atoms with Crippen molar-refractivity contribution in [1.29, 1.82) is 0 Å². The van der Waals surface area contributed by atoms with E-state index < -0.39 is 27.7 Å². The van der Waals surface area contributed by atoms with Crippen LogP contribution in [0.5, 0.6) is 0 Å². The van der Waals surface area contributed by atoms with Crippen molar-refractivity contribution < 1.29 is 22.4 Å². The summed E-state index contributed by atoms with van der Waals surface area (Å²) in [5, 5.41) is 5.24. The molecule has 1 fully saturated rings. The molecular weight excluding hydrogens is 445 g/mol. The molecule has 1 heterocycles. The second-order valence-electron chi connectivity index (χ2n) is 8.44. The van der Waals surface area contributed by atoms with E-state index in [2.05, 4.69) is 10.6 Å². The fourth-order valence-corrected chi connectivity index (χ4v) is 6.15. The molecular formula is C24H30FN3O4S. The number of hydrogen-bond donors (Lipinski definition) is 2. The summed E-state index contributed by atoms with van der Waals surface area (Å²) in [6.07, 6.45) is 2.65. The van der Waals surface area contributed by atoms with Crippen molar-refractivity contribution in [2.24, 2.45) is 0 Å². The number of amides is 2. The fourth-order valence-electron chi connectivity index (χ4n) is 4.22. The zero-order chi connectivity index (χ0) is 24.2. The van der Waals surface area contributed by atoms with E-state index in [-0.39, 0.29) is 17.5 Å². The highest BCUT2D eigenvalue weighted by Crippen LogP contribution is 2.29. The lowest BCUT2D eigenvalue weighted by Gasteiger charge is -2.35. The number of anilines is 1. The van der Waals surface area contributed by atoms with Crippen LogP contribution >= 0.6 is 0 Å². The first-order valence-corrected chi connectivity index (χ1v) is 12.5. The monoisotopic (exact) mass is 475 g/mol. The summed E-state index contributed by atoms with van der Waals surface area (Å²) in [7, 11) is -3.80. The van der Waals surface area contributed by atoms with E-state index in [0.717, 1.165) is 30.0 Å². The van der Waals surface area contributed by atoms with E-state index in [1.165, 1.54) is 16.4 Å². The van der Waals surface area contributed by atoms with Crippen LogP contribution < -0.4 is 10.6 Å². The number of aryl methyl sites for hydroxylation is 3. The van der Waals surface area contributed by atoms with Gasteiger partial charge in [-0.3, -0.25) is 9.59 Å². The maximum Gasteiger partial charge on any atom is 0.313 e. The van der Waals surface area contributed by atoms with Crippen LogP contribution in [0.1, 0.15) is 42.4 Å². The number of carbonyl (C=O) groups is 2. The molecule has 2 aromatic carbocycles. The molecule has 178 valence electrons. The van der Waals surface area contributed by atoms with E-state index in [1.807, 2.05) is 32.0 Å². The molecule has 1 aliphatic heterocycles. The Bertz CT molecular complexity index is 1130. The summed E-state index contributed by atoms with van der Waals surface area (Å²) in [6, 6.07) is 8.91. The van der Waals surface area contributed by atoms with Gasteiger partial charge in [-0.1, -0.05) is 24.6 Å². The number of hydrogen-bond acceptors (Lipinski definition) is 4. The molecule has 2 amide bonds. The Morgan fingerprint density at radius 1 is 1.03 bits per heavy atom. The number of halogens is 1. The van der Waals surface area contributed by atoms with E-state index in [1.54, 1.807) is 6.92 Å². The molecule has 2 aromatic rings. The molecule has 3 rings (SSSR count). The SMILES string of the molecule is Cc1cc(F)ccc1S(=O)(=O)N1CCCC[C@H]1CCNC(=O)C(=O)Nc1c(C)cccc1C. The minimum absolute atomic E-state index is 0.0906. The first-order chi connectivity index (χ1) is 15.6. The number of carbonyl (C=O) groups excluding carboxylic acids is 2. The molecule has 0 unspecified atom stereocenters. The second kappa shape index (κ2) is 10.4. The van der Waals surface area contributed by atoms with Crippen LogP contribution in [0.25, 0.3) is 0 Å². The second-order valence-corrected chi connectivity index (χ2v) is 10.3. The van der Waals surface area contributed by atoms with E-state index >= 15 is 0 Å². The fraction of sp³-hybridized carbons (Fsp3) is 0.417. The van der Waals surface area contributed by atoms with Crippen molar-refractivity contribution in [2.45, 2.75) is 57.4 Å². The summed E-state index contributed by atoms with van der Waals surface area (Å²) in [6.45, 7) is 5.80. The molecule has 7 nitrogen and oxygen atoms in total. The number of nitrogens with one attached hydrogen (secondary N) is 2. The molecule has 9 heteroatoms. The Hall–Kier alpha value is -2.78. The van der Waals surface area contributed by atoms with Gasteiger partial charge in [-0.2, -0.15) is 4.31 Å². The number of nitrogens with zero attached hydrogens (tertiary/aromatic N) is 1. The highest BCUT2D eigenvalue weighted by molar-refractivity contribution is 7.89. The summed E-state index contributed by atoms with van der Waals surface area (Å²) in [4.78, 5) is 24.7. The molecule has 1 aliphatic rings. The van der Waals surface area contributed by atoms with Crippen LogP contribution in [0.3, 0.4) is 0 Å². The number of para-hydroxylation sites is 1. The van der Waals surface area contributed by atoms with Gasteiger partial charge in [0.1, 0.15) is 5.82 Å². The third kappa shape index (κ3) is 5.78. The van der Waals surface area contributed by atoms with Crippen molar-refractivity contribution in [3.8, 4) is 0 Å². The van der Waals surface area contributed by atoms with Gasteiger partial charge in [0.15, 0.2) is 0 Å². The average molecular weight is 476 g/mol. The van der Waals surface area contributed by atoms with E-state index in [4.69, 9.17) is 0 Å². The molecule has 0 bridgehead atoms. The lowest BCUT2D eigenvalue weighted by atomic mass is 10.0. The average Bonchev–Trinajstić information content (AvgIpc) is 2.76. The molecule has 0 aliphatic carbocycles. The van der Waals surface area contributed by atoms with Crippen LogP contribution in [0, 0.1) is 26.6 Å². The zero-order valence-corrected chi connectivity index (χ0v) is 20.0. The highest BCUT2D eigenvalue weighted by Gasteiger charge is 2.34. The van der Waals surface area contributed by atoms with Crippen molar-refractivity contribution >= 4 is 27.5 Å². The van der Waals surface area contributed by atoms with Crippen LogP contribution in [0.2, 0.25) is 0 Å². The quantitative estimate of drug-likeness (QED) is 0.626. The minimum Gasteiger partial charge on any atom is -0.348 e. The number of piperidine rings is 1. The van der Waals surface area contributed by atoms with E-state index in [0.29, 0.717) is 30.6 Å². The first kappa shape index (κ1) is 24.9. The maximum absolute atomic E-state index is 13.5. The van der Waals surface area contributed by atoms with Gasteiger partial charge in [0.05, 0.1) is 4.90 Å². The Balaban J connectivity index is 1.62. The molecule has 1 atom stereocenters. The maximum atomic E-state index is 13.5. The summed E-state index contributed by atoms with van der Waals surface area (Å²) in [5.41, 5.74) is 2.68. The third-order valence-electron chi connectivity index (χ3n) is 5.99. The lowest BCUT2D eigenvalue weighted by molar-refractivity contribution is -0.136. The first-order valence-electron chi connectivity index (χ1n) is 11.0. The normalized spacial score (nSPS) is 16.9. The molecule has 33 heavy (non-hydrogen) atoms. The zero-order valence-electron chi connectivity index (χ0n) is 19.2. The van der Waals surface area contributed by atoms with Crippen LogP contribution in [0.15, 0.2) is 41.3 Å². The predicted molar refractivity (Wildman–Crippen MR) is 125 cm³/mol. The molecule has 0 saturated carbocycles. The van der Waals surface area contributed by atoms with Crippen molar-refractivity contribution in [2.75, 3.05) is 18.4 Å². The number of rotatable bonds is 6. The van der Waals surface area contributed by atoms with Crippen LogP contribution in [-0.4, -0.2) is 43.7 Å². The lowest BCUT2D eigenvalue weighted by Crippen LogP contribution is -2.46. The minimum atomic E-state index is -3.80. The van der Waals surface area contributed by atoms with Crippen LogP contribution in [-0.2, 0) is 19.6 Å². The predicted octanol–water partition coefficient (Wildman–Crippen LogP) is 3.44. The highest BCUT2D eigenvalue weighted by atomic mass is 32.2. The van der Waals surface area contributed by atoms with Crippen molar-refractivity contribution in [1.82, 2.24) is 9.62 Å². The largest absolute Gasteiger partial charge is 0.348 e. The van der Waals surface area contributed by atoms with Crippen LogP contribution in [0.4, 0.5) is 10.1 Å². The number of sulfonamides is 1. The summed E-state index contributed by atoms with van der Waals surface area (Å²) < 4.78 is 41.4. The van der Waals surface area contributed by atoms with Gasteiger partial charge in [0, 0.05) is 24.8 Å². The topological polar surface area (TPSA) is 95.6 Å². The van der Waals surface area contributed by atoms with Gasteiger partial charge in [0.2, 0.25) is 10.0 Å². The Morgan fingerprint density at radius 2 is 1.73 bits per heavy atom. The van der Waals surface area contributed by atoms with Gasteiger partial charge < -0.3 is 10.6 Å². The van der Waals surface area contributed by atoms with Gasteiger partial charge in [0.25, 0.3) is 0 Å². The van der Waals surface area contributed by atoms with E-state index in [9.17, 15) is 22.4 Å². The third-order valence-corrected chi connectivity index (χ3v) is 8.10.